The van der Waals surface area contributed by atoms with Gasteiger partial charge in [0.1, 0.15) is 5.75 Å². The van der Waals surface area contributed by atoms with Crippen LogP contribution >= 0.6 is 0 Å². The van der Waals surface area contributed by atoms with Gasteiger partial charge in [0.2, 0.25) is 11.7 Å². The number of benzene rings is 3. The fourth-order valence-electron chi connectivity index (χ4n) is 3.39. The van der Waals surface area contributed by atoms with Gasteiger partial charge in [-0.1, -0.05) is 36.4 Å². The molecule has 3 aromatic carbocycles. The molecule has 6 N–H and O–H groups in total. The molecule has 0 saturated carbocycles. The van der Waals surface area contributed by atoms with Gasteiger partial charge in [0.05, 0.1) is 51.8 Å². The Morgan fingerprint density at radius 3 is 1.97 bits per heavy atom. The fraction of sp³-hybridized carbons (Fsp3) is 0.214. The van der Waals surface area contributed by atoms with Gasteiger partial charge >= 0.3 is 0 Å². The standard InChI is InChI=1S/C19H20N2O4.C9H12N2O/c1-22-16-6-5-12(8-15(16)21)7-14(11-20)13-9-17(23-2)19(25-4)18(10-13)24-3;10-8(9(11)12)6-7-4-2-1-3-5-7/h5-10H,21H2,1-4H3;1-5,8H,6,10H2,(H2,11,12)/b14-7-;/t;8-/m.1/s1. The van der Waals surface area contributed by atoms with E-state index >= 15 is 0 Å². The van der Waals surface area contributed by atoms with Gasteiger partial charge in [0.15, 0.2) is 11.5 Å². The molecular weight excluding hydrogens is 472 g/mol. The molecule has 37 heavy (non-hydrogen) atoms. The number of carbonyl (C=O) groups is 1. The Balaban J connectivity index is 0.000000335. The van der Waals surface area contributed by atoms with Crippen LogP contribution in [0.3, 0.4) is 0 Å². The monoisotopic (exact) mass is 504 g/mol. The van der Waals surface area contributed by atoms with Crippen molar-refractivity contribution in [2.45, 2.75) is 12.5 Å². The smallest absolute Gasteiger partial charge is 0.234 e. The number of anilines is 1. The molecule has 0 spiro atoms. The molecule has 9 nitrogen and oxygen atoms in total. The third-order valence-electron chi connectivity index (χ3n) is 5.32. The summed E-state index contributed by atoms with van der Waals surface area (Å²) < 4.78 is 21.1. The van der Waals surface area contributed by atoms with Gasteiger partial charge in [-0.3, -0.25) is 4.79 Å². The number of hydrogen-bond acceptors (Lipinski definition) is 8. The Bertz CT molecular complexity index is 1240. The minimum Gasteiger partial charge on any atom is -0.495 e. The lowest BCUT2D eigenvalue weighted by Crippen LogP contribution is -2.38. The molecule has 0 fully saturated rings. The quantitative estimate of drug-likeness (QED) is 0.227. The molecule has 3 rings (SSSR count). The maximum absolute atomic E-state index is 10.6. The van der Waals surface area contributed by atoms with Crippen LogP contribution in [-0.2, 0) is 11.2 Å². The summed E-state index contributed by atoms with van der Waals surface area (Å²) in [5, 5.41) is 9.58. The van der Waals surface area contributed by atoms with Crippen LogP contribution in [-0.4, -0.2) is 40.4 Å². The predicted octanol–water partition coefficient (Wildman–Crippen LogP) is 3.41. The number of nitrogens with zero attached hydrogens (tertiary/aromatic N) is 1. The zero-order chi connectivity index (χ0) is 27.4. The van der Waals surface area contributed by atoms with Crippen molar-refractivity contribution in [2.75, 3.05) is 34.2 Å². The number of rotatable bonds is 9. The van der Waals surface area contributed by atoms with E-state index in [9.17, 15) is 10.1 Å². The van der Waals surface area contributed by atoms with Crippen molar-refractivity contribution in [1.29, 1.82) is 5.26 Å². The zero-order valence-electron chi connectivity index (χ0n) is 21.4. The highest BCUT2D eigenvalue weighted by atomic mass is 16.5. The van der Waals surface area contributed by atoms with Crippen LogP contribution < -0.4 is 36.1 Å². The predicted molar refractivity (Wildman–Crippen MR) is 144 cm³/mol. The molecule has 0 aliphatic heterocycles. The van der Waals surface area contributed by atoms with Gasteiger partial charge in [-0.2, -0.15) is 5.26 Å². The Morgan fingerprint density at radius 1 is 0.919 bits per heavy atom. The number of carbonyl (C=O) groups excluding carboxylic acids is 1. The van der Waals surface area contributed by atoms with Gasteiger partial charge < -0.3 is 36.1 Å². The lowest BCUT2D eigenvalue weighted by Gasteiger charge is -2.14. The maximum atomic E-state index is 10.6. The van der Waals surface area contributed by atoms with Crippen molar-refractivity contribution in [3.8, 4) is 29.1 Å². The third-order valence-corrected chi connectivity index (χ3v) is 5.32. The molecule has 3 aromatic rings. The molecule has 0 aromatic heterocycles. The van der Waals surface area contributed by atoms with Crippen LogP contribution in [0.1, 0.15) is 16.7 Å². The largest absolute Gasteiger partial charge is 0.495 e. The number of nitriles is 1. The number of allylic oxidation sites excluding steroid dienone is 1. The SMILES string of the molecule is COc1ccc(/C=C(/C#N)c2cc(OC)c(OC)c(OC)c2)cc1N.NC(=O)[C@H](N)Cc1ccccc1. The summed E-state index contributed by atoms with van der Waals surface area (Å²) in [6.45, 7) is 0. The lowest BCUT2D eigenvalue weighted by molar-refractivity contribution is -0.119. The third kappa shape index (κ3) is 7.92. The first kappa shape index (κ1) is 28.6. The highest BCUT2D eigenvalue weighted by molar-refractivity contribution is 5.91. The molecule has 1 atom stereocenters. The summed E-state index contributed by atoms with van der Waals surface area (Å²) in [6, 6.07) is 20.0. The summed E-state index contributed by atoms with van der Waals surface area (Å²) in [5.41, 5.74) is 19.8. The average Bonchev–Trinajstić information content (AvgIpc) is 2.91. The highest BCUT2D eigenvalue weighted by Gasteiger charge is 2.15. The number of methoxy groups -OCH3 is 4. The number of ether oxygens (including phenoxy) is 4. The van der Waals surface area contributed by atoms with Crippen molar-refractivity contribution < 1.29 is 23.7 Å². The summed E-state index contributed by atoms with van der Waals surface area (Å²) >= 11 is 0. The molecule has 194 valence electrons. The summed E-state index contributed by atoms with van der Waals surface area (Å²) in [5.74, 6) is 1.56. The Kier molecular flexibility index (Phi) is 10.8. The first-order valence-electron chi connectivity index (χ1n) is 11.2. The molecule has 1 amide bonds. The van der Waals surface area contributed by atoms with Crippen LogP contribution in [0.15, 0.2) is 60.7 Å². The summed E-state index contributed by atoms with van der Waals surface area (Å²) in [7, 11) is 6.14. The van der Waals surface area contributed by atoms with Crippen molar-refractivity contribution in [1.82, 2.24) is 0 Å². The Morgan fingerprint density at radius 2 is 1.51 bits per heavy atom. The second kappa shape index (κ2) is 14.0. The summed E-state index contributed by atoms with van der Waals surface area (Å²) in [4.78, 5) is 10.6. The van der Waals surface area contributed by atoms with Crippen LogP contribution in [0.25, 0.3) is 11.6 Å². The normalized spacial score (nSPS) is 11.3. The zero-order valence-corrected chi connectivity index (χ0v) is 21.4. The molecule has 0 aliphatic carbocycles. The number of primary amides is 1. The molecule has 0 aliphatic rings. The number of amides is 1. The van der Waals surface area contributed by atoms with E-state index < -0.39 is 11.9 Å². The van der Waals surface area contributed by atoms with E-state index in [2.05, 4.69) is 6.07 Å². The second-order valence-electron chi connectivity index (χ2n) is 7.78. The fourth-order valence-corrected chi connectivity index (χ4v) is 3.39. The first-order chi connectivity index (χ1) is 17.8. The van der Waals surface area contributed by atoms with E-state index in [0.29, 0.717) is 46.2 Å². The number of nitrogens with two attached hydrogens (primary N) is 3. The maximum Gasteiger partial charge on any atom is 0.234 e. The van der Waals surface area contributed by atoms with Crippen molar-refractivity contribution in [2.24, 2.45) is 11.5 Å². The Hall–Kier alpha value is -4.68. The van der Waals surface area contributed by atoms with Crippen LogP contribution in [0, 0.1) is 11.3 Å². The van der Waals surface area contributed by atoms with Gasteiger partial charge in [0, 0.05) is 0 Å². The van der Waals surface area contributed by atoms with E-state index in [1.165, 1.54) is 21.3 Å². The first-order valence-corrected chi connectivity index (χ1v) is 11.2. The van der Waals surface area contributed by atoms with Crippen LogP contribution in [0.4, 0.5) is 5.69 Å². The second-order valence-corrected chi connectivity index (χ2v) is 7.78. The van der Waals surface area contributed by atoms with E-state index in [0.717, 1.165) is 11.1 Å². The van der Waals surface area contributed by atoms with E-state index in [1.54, 1.807) is 37.5 Å². The summed E-state index contributed by atoms with van der Waals surface area (Å²) in [6.07, 6.45) is 2.24. The molecule has 0 saturated heterocycles. The van der Waals surface area contributed by atoms with E-state index in [4.69, 9.17) is 36.1 Å². The van der Waals surface area contributed by atoms with Gasteiger partial charge in [0.25, 0.3) is 0 Å². The van der Waals surface area contributed by atoms with Gasteiger partial charge in [-0.15, -0.1) is 0 Å². The molecule has 0 unspecified atom stereocenters. The molecule has 0 heterocycles. The number of nitrogen functional groups attached to an aromatic ring is 1. The van der Waals surface area contributed by atoms with Gasteiger partial charge in [-0.25, -0.2) is 0 Å². The minimum absolute atomic E-state index is 0.434. The molecule has 0 bridgehead atoms. The van der Waals surface area contributed by atoms with Crippen LogP contribution in [0.5, 0.6) is 23.0 Å². The lowest BCUT2D eigenvalue weighted by atomic mass is 10.0. The highest BCUT2D eigenvalue weighted by Crippen LogP contribution is 2.40. The molecule has 0 radical (unpaired) electrons. The van der Waals surface area contributed by atoms with E-state index in [1.807, 2.05) is 36.4 Å². The molecular formula is C28H32N4O5. The Labute approximate surface area is 217 Å². The minimum atomic E-state index is -0.576. The molecule has 9 heteroatoms. The van der Waals surface area contributed by atoms with Crippen molar-refractivity contribution in [3.05, 3.63) is 77.4 Å². The van der Waals surface area contributed by atoms with Gasteiger partial charge in [-0.05, 0) is 53.5 Å². The topological polar surface area (TPSA) is 156 Å². The average molecular weight is 505 g/mol. The van der Waals surface area contributed by atoms with Crippen molar-refractivity contribution in [3.63, 3.8) is 0 Å². The van der Waals surface area contributed by atoms with Crippen LogP contribution in [0.2, 0.25) is 0 Å². The number of hydrogen-bond donors (Lipinski definition) is 3. The van der Waals surface area contributed by atoms with Crippen molar-refractivity contribution >= 4 is 23.2 Å². The van der Waals surface area contributed by atoms with E-state index in [-0.39, 0.29) is 0 Å².